The predicted octanol–water partition coefficient (Wildman–Crippen LogP) is 2.11. The van der Waals surface area contributed by atoms with Crippen LogP contribution in [-0.4, -0.2) is 25.0 Å². The molecule has 0 fully saturated rings. The first-order valence-electron chi connectivity index (χ1n) is 6.97. The first kappa shape index (κ1) is 17.0. The second-order valence-corrected chi connectivity index (χ2v) is 4.90. The number of nitrogens with one attached hydrogen (secondary N) is 2. The van der Waals surface area contributed by atoms with Crippen LogP contribution in [-0.2, 0) is 9.59 Å². The summed E-state index contributed by atoms with van der Waals surface area (Å²) < 4.78 is 5.20. The van der Waals surface area contributed by atoms with Crippen molar-refractivity contribution in [3.05, 3.63) is 18.2 Å². The fourth-order valence-corrected chi connectivity index (χ4v) is 1.98. The molecule has 0 aliphatic carbocycles. The van der Waals surface area contributed by atoms with E-state index in [2.05, 4.69) is 10.6 Å². The Kier molecular flexibility index (Phi) is 6.68. The molecule has 0 radical (unpaired) electrons. The summed E-state index contributed by atoms with van der Waals surface area (Å²) in [6.07, 6.45) is 2.05. The van der Waals surface area contributed by atoms with E-state index in [1.165, 1.54) is 14.0 Å². The Morgan fingerprint density at radius 3 is 2.62 bits per heavy atom. The maximum atomic E-state index is 11.9. The van der Waals surface area contributed by atoms with Gasteiger partial charge in [-0.1, -0.05) is 13.3 Å². The number of amides is 2. The van der Waals surface area contributed by atoms with Gasteiger partial charge in [0.05, 0.1) is 12.8 Å². The molecule has 21 heavy (non-hydrogen) atoms. The molecule has 0 heterocycles. The molecule has 2 amide bonds. The summed E-state index contributed by atoms with van der Waals surface area (Å²) in [5.74, 6) is 0.168. The van der Waals surface area contributed by atoms with Gasteiger partial charge in [0.2, 0.25) is 11.8 Å². The summed E-state index contributed by atoms with van der Waals surface area (Å²) >= 11 is 0. The van der Waals surface area contributed by atoms with Gasteiger partial charge in [0.1, 0.15) is 5.75 Å². The molecule has 116 valence electrons. The molecule has 0 bridgehead atoms. The minimum Gasteiger partial charge on any atom is -0.494 e. The van der Waals surface area contributed by atoms with Crippen LogP contribution in [0.5, 0.6) is 5.75 Å². The van der Waals surface area contributed by atoms with Crippen molar-refractivity contribution in [2.45, 2.75) is 39.2 Å². The van der Waals surface area contributed by atoms with Crippen LogP contribution in [0.1, 0.15) is 33.1 Å². The number of hydrogen-bond donors (Lipinski definition) is 3. The van der Waals surface area contributed by atoms with Crippen LogP contribution in [0.15, 0.2) is 18.2 Å². The van der Waals surface area contributed by atoms with E-state index in [9.17, 15) is 9.59 Å². The van der Waals surface area contributed by atoms with Crippen molar-refractivity contribution in [3.8, 4) is 5.75 Å². The van der Waals surface area contributed by atoms with Crippen LogP contribution >= 0.6 is 0 Å². The van der Waals surface area contributed by atoms with Crippen molar-refractivity contribution < 1.29 is 14.3 Å². The molecule has 1 rings (SSSR count). The lowest BCUT2D eigenvalue weighted by Gasteiger charge is -2.13. The number of nitrogens with two attached hydrogens (primary N) is 1. The Morgan fingerprint density at radius 2 is 2.05 bits per heavy atom. The first-order chi connectivity index (χ1) is 9.96. The third-order valence-corrected chi connectivity index (χ3v) is 2.90. The zero-order valence-electron chi connectivity index (χ0n) is 12.7. The quantitative estimate of drug-likeness (QED) is 0.717. The molecular formula is C15H23N3O3. The van der Waals surface area contributed by atoms with E-state index in [-0.39, 0.29) is 24.3 Å². The van der Waals surface area contributed by atoms with Crippen molar-refractivity contribution in [1.29, 1.82) is 0 Å². The molecule has 0 aromatic heterocycles. The second-order valence-electron chi connectivity index (χ2n) is 4.90. The Balaban J connectivity index is 2.71. The summed E-state index contributed by atoms with van der Waals surface area (Å²) in [4.78, 5) is 22.9. The number of ether oxygens (including phenoxy) is 1. The number of anilines is 2. The van der Waals surface area contributed by atoms with Gasteiger partial charge in [0.25, 0.3) is 0 Å². The Bertz CT molecular complexity index is 503. The summed E-state index contributed by atoms with van der Waals surface area (Å²) in [5.41, 5.74) is 7.01. The lowest BCUT2D eigenvalue weighted by molar-refractivity contribution is -0.116. The number of carbonyl (C=O) groups excluding carboxylic acids is 2. The maximum Gasteiger partial charge on any atom is 0.225 e. The van der Waals surface area contributed by atoms with Gasteiger partial charge in [0, 0.05) is 31.1 Å². The van der Waals surface area contributed by atoms with E-state index < -0.39 is 0 Å². The molecule has 1 aromatic rings. The van der Waals surface area contributed by atoms with Crippen LogP contribution in [0.3, 0.4) is 0 Å². The van der Waals surface area contributed by atoms with Gasteiger partial charge in [-0.15, -0.1) is 0 Å². The van der Waals surface area contributed by atoms with E-state index in [0.29, 0.717) is 17.1 Å². The van der Waals surface area contributed by atoms with E-state index >= 15 is 0 Å². The molecule has 6 nitrogen and oxygen atoms in total. The van der Waals surface area contributed by atoms with Crippen molar-refractivity contribution in [2.24, 2.45) is 5.73 Å². The van der Waals surface area contributed by atoms with Crippen LogP contribution in [0.2, 0.25) is 0 Å². The highest BCUT2D eigenvalue weighted by Gasteiger charge is 2.11. The van der Waals surface area contributed by atoms with Gasteiger partial charge in [-0.05, 0) is 18.6 Å². The number of rotatable bonds is 7. The Hall–Kier alpha value is -2.08. The third kappa shape index (κ3) is 5.83. The van der Waals surface area contributed by atoms with Crippen molar-refractivity contribution in [3.63, 3.8) is 0 Å². The van der Waals surface area contributed by atoms with Crippen LogP contribution in [0.25, 0.3) is 0 Å². The number of methoxy groups -OCH3 is 1. The Morgan fingerprint density at radius 1 is 1.33 bits per heavy atom. The van der Waals surface area contributed by atoms with Gasteiger partial charge in [-0.2, -0.15) is 0 Å². The highest BCUT2D eigenvalue weighted by Crippen LogP contribution is 2.28. The lowest BCUT2D eigenvalue weighted by atomic mass is 10.1. The molecule has 0 aliphatic rings. The summed E-state index contributed by atoms with van der Waals surface area (Å²) in [6.45, 7) is 3.45. The van der Waals surface area contributed by atoms with Gasteiger partial charge < -0.3 is 21.1 Å². The normalized spacial score (nSPS) is 11.6. The van der Waals surface area contributed by atoms with E-state index in [0.717, 1.165) is 12.8 Å². The van der Waals surface area contributed by atoms with Gasteiger partial charge in [0.15, 0.2) is 0 Å². The maximum absolute atomic E-state index is 11.9. The van der Waals surface area contributed by atoms with Crippen molar-refractivity contribution in [2.75, 3.05) is 17.7 Å². The first-order valence-corrected chi connectivity index (χ1v) is 6.97. The molecule has 0 spiro atoms. The number of benzene rings is 1. The molecule has 1 unspecified atom stereocenters. The van der Waals surface area contributed by atoms with E-state index in [1.54, 1.807) is 18.2 Å². The molecule has 0 aliphatic heterocycles. The predicted molar refractivity (Wildman–Crippen MR) is 83.4 cm³/mol. The monoisotopic (exact) mass is 293 g/mol. The standard InChI is InChI=1S/C15H23N3O3/c1-4-5-11(16)8-15(20)18-12-6-7-13(17-10(2)19)14(9-12)21-3/h6-7,9,11H,4-5,8,16H2,1-3H3,(H,17,19)(H,18,20). The Labute approximate surface area is 125 Å². The highest BCUT2D eigenvalue weighted by molar-refractivity contribution is 5.93. The topological polar surface area (TPSA) is 93.5 Å². The molecule has 1 aromatic carbocycles. The molecule has 1 atom stereocenters. The summed E-state index contributed by atoms with van der Waals surface area (Å²) in [6, 6.07) is 4.92. The zero-order chi connectivity index (χ0) is 15.8. The zero-order valence-corrected chi connectivity index (χ0v) is 12.7. The minimum atomic E-state index is -0.185. The largest absolute Gasteiger partial charge is 0.494 e. The molecule has 6 heteroatoms. The van der Waals surface area contributed by atoms with Crippen LogP contribution in [0.4, 0.5) is 11.4 Å². The van der Waals surface area contributed by atoms with Crippen LogP contribution < -0.4 is 21.1 Å². The highest BCUT2D eigenvalue weighted by atomic mass is 16.5. The fraction of sp³-hybridized carbons (Fsp3) is 0.467. The average molecular weight is 293 g/mol. The average Bonchev–Trinajstić information content (AvgIpc) is 2.39. The fourth-order valence-electron chi connectivity index (χ4n) is 1.98. The number of hydrogen-bond acceptors (Lipinski definition) is 4. The molecule has 0 saturated carbocycles. The number of carbonyl (C=O) groups is 2. The third-order valence-electron chi connectivity index (χ3n) is 2.90. The molecule has 0 saturated heterocycles. The summed E-state index contributed by atoms with van der Waals surface area (Å²) in [7, 11) is 1.50. The second kappa shape index (κ2) is 8.26. The summed E-state index contributed by atoms with van der Waals surface area (Å²) in [5, 5.41) is 5.43. The molecular weight excluding hydrogens is 270 g/mol. The van der Waals surface area contributed by atoms with Gasteiger partial charge in [-0.3, -0.25) is 9.59 Å². The minimum absolute atomic E-state index is 0.129. The van der Waals surface area contributed by atoms with Crippen LogP contribution in [0, 0.1) is 0 Å². The van der Waals surface area contributed by atoms with Gasteiger partial charge >= 0.3 is 0 Å². The van der Waals surface area contributed by atoms with E-state index in [1.807, 2.05) is 6.92 Å². The molecule has 4 N–H and O–H groups in total. The van der Waals surface area contributed by atoms with E-state index in [4.69, 9.17) is 10.5 Å². The van der Waals surface area contributed by atoms with Crippen molar-refractivity contribution in [1.82, 2.24) is 0 Å². The SMILES string of the molecule is CCCC(N)CC(=O)Nc1ccc(NC(C)=O)c(OC)c1. The van der Waals surface area contributed by atoms with Gasteiger partial charge in [-0.25, -0.2) is 0 Å². The van der Waals surface area contributed by atoms with Crippen molar-refractivity contribution >= 4 is 23.2 Å². The smallest absolute Gasteiger partial charge is 0.225 e. The lowest BCUT2D eigenvalue weighted by Crippen LogP contribution is -2.26.